The first-order valence-corrected chi connectivity index (χ1v) is 16.5. The Morgan fingerprint density at radius 1 is 0.978 bits per heavy atom. The largest absolute Gasteiger partial charge is 0.339 e. The van der Waals surface area contributed by atoms with E-state index in [4.69, 9.17) is 4.98 Å². The predicted molar refractivity (Wildman–Crippen MR) is 181 cm³/mol. The SMILES string of the molecule is CCc1c(-c2cn(C)c(=O)c(Nc3ccc(C4CCN(C)CC4)cc3)n2)cc(F)cc1N1CCn2c(cc3c2CC(C)(C)C3)C1=O. The number of nitrogens with one attached hydrogen (secondary N) is 1. The average molecular weight is 623 g/mol. The first kappa shape index (κ1) is 30.4. The van der Waals surface area contributed by atoms with Crippen molar-refractivity contribution >= 4 is 23.1 Å². The molecular formula is C37H43FN6O2. The first-order chi connectivity index (χ1) is 22.0. The van der Waals surface area contributed by atoms with E-state index in [0.29, 0.717) is 48.1 Å². The summed E-state index contributed by atoms with van der Waals surface area (Å²) in [6.07, 6.45) is 6.39. The van der Waals surface area contributed by atoms with E-state index in [0.717, 1.165) is 50.0 Å². The van der Waals surface area contributed by atoms with Crippen LogP contribution < -0.4 is 15.8 Å². The van der Waals surface area contributed by atoms with Crippen LogP contribution in [0.15, 0.2) is 53.5 Å². The average Bonchev–Trinajstić information content (AvgIpc) is 3.52. The summed E-state index contributed by atoms with van der Waals surface area (Å²) in [5, 5.41) is 3.22. The highest BCUT2D eigenvalue weighted by molar-refractivity contribution is 6.07. The number of hydrogen-bond donors (Lipinski definition) is 1. The van der Waals surface area contributed by atoms with Gasteiger partial charge in [-0.25, -0.2) is 9.37 Å². The molecule has 1 aliphatic carbocycles. The molecular weight excluding hydrogens is 579 g/mol. The molecule has 0 bridgehead atoms. The molecule has 240 valence electrons. The van der Waals surface area contributed by atoms with Gasteiger partial charge in [0, 0.05) is 43.3 Å². The predicted octanol–water partition coefficient (Wildman–Crippen LogP) is 6.29. The summed E-state index contributed by atoms with van der Waals surface area (Å²) in [6.45, 7) is 9.85. The molecule has 0 saturated carbocycles. The van der Waals surface area contributed by atoms with Crippen molar-refractivity contribution in [2.24, 2.45) is 12.5 Å². The summed E-state index contributed by atoms with van der Waals surface area (Å²) < 4.78 is 19.1. The van der Waals surface area contributed by atoms with Gasteiger partial charge in [-0.1, -0.05) is 32.9 Å². The number of likely N-dealkylation sites (tertiary alicyclic amines) is 1. The zero-order chi connectivity index (χ0) is 32.3. The van der Waals surface area contributed by atoms with Crippen molar-refractivity contribution in [1.29, 1.82) is 0 Å². The Bertz CT molecular complexity index is 1880. The van der Waals surface area contributed by atoms with Crippen LogP contribution in [0.4, 0.5) is 21.6 Å². The highest BCUT2D eigenvalue weighted by atomic mass is 19.1. The molecule has 2 aromatic carbocycles. The quantitative estimate of drug-likeness (QED) is 0.274. The Kier molecular flexibility index (Phi) is 7.62. The molecule has 8 nitrogen and oxygen atoms in total. The molecule has 9 heteroatoms. The molecule has 4 aromatic rings. The molecule has 46 heavy (non-hydrogen) atoms. The standard InChI is InChI=1S/C37H43FN6O2/c1-6-28-29(18-26(38)19-31(28)44-16-15-43-32(35(44)45)17-25-20-37(2,3)21-33(25)43)30-22-42(5)36(46)34(40-30)39-27-9-7-23(8-10-27)24-11-13-41(4)14-12-24/h7-10,17-19,22,24H,6,11-16,20-21H2,1-5H3,(H,39,40). The minimum absolute atomic E-state index is 0.107. The van der Waals surface area contributed by atoms with Gasteiger partial charge >= 0.3 is 0 Å². The van der Waals surface area contributed by atoms with Crippen molar-refractivity contribution in [2.75, 3.05) is 36.9 Å². The number of anilines is 3. The molecule has 7 rings (SSSR count). The Labute approximate surface area is 269 Å². The van der Waals surface area contributed by atoms with E-state index in [1.165, 1.54) is 33.5 Å². The number of piperidine rings is 1. The third-order valence-corrected chi connectivity index (χ3v) is 10.2. The molecule has 1 N–H and O–H groups in total. The van der Waals surface area contributed by atoms with Crippen molar-refractivity contribution in [3.8, 4) is 11.3 Å². The molecule has 0 spiro atoms. The fourth-order valence-electron chi connectivity index (χ4n) is 7.74. The number of hydrogen-bond acceptors (Lipinski definition) is 5. The van der Waals surface area contributed by atoms with Gasteiger partial charge in [-0.2, -0.15) is 0 Å². The summed E-state index contributed by atoms with van der Waals surface area (Å²) in [4.78, 5) is 35.9. The fourth-order valence-corrected chi connectivity index (χ4v) is 7.74. The van der Waals surface area contributed by atoms with E-state index < -0.39 is 5.82 Å². The van der Waals surface area contributed by atoms with Gasteiger partial charge in [0.25, 0.3) is 11.5 Å². The highest BCUT2D eigenvalue weighted by Crippen LogP contribution is 2.41. The highest BCUT2D eigenvalue weighted by Gasteiger charge is 2.37. The summed E-state index contributed by atoms with van der Waals surface area (Å²) in [7, 11) is 3.84. The normalized spacial score (nSPS) is 18.1. The lowest BCUT2D eigenvalue weighted by atomic mass is 9.89. The summed E-state index contributed by atoms with van der Waals surface area (Å²) in [5.41, 5.74) is 7.61. The van der Waals surface area contributed by atoms with Crippen LogP contribution in [0.25, 0.3) is 11.3 Å². The van der Waals surface area contributed by atoms with Crippen LogP contribution in [0.5, 0.6) is 0 Å². The Balaban J connectivity index is 1.20. The van der Waals surface area contributed by atoms with Gasteiger partial charge in [0.05, 0.1) is 11.4 Å². The monoisotopic (exact) mass is 622 g/mol. The molecule has 0 atom stereocenters. The molecule has 2 aliphatic heterocycles. The summed E-state index contributed by atoms with van der Waals surface area (Å²) in [5.74, 6) is 0.154. The zero-order valence-corrected chi connectivity index (χ0v) is 27.5. The minimum Gasteiger partial charge on any atom is -0.339 e. The zero-order valence-electron chi connectivity index (χ0n) is 27.5. The van der Waals surface area contributed by atoms with Crippen LogP contribution in [0.2, 0.25) is 0 Å². The molecule has 1 fully saturated rings. The molecule has 2 aromatic heterocycles. The molecule has 1 saturated heterocycles. The Morgan fingerprint density at radius 3 is 2.43 bits per heavy atom. The van der Waals surface area contributed by atoms with Crippen LogP contribution in [0.1, 0.15) is 72.4 Å². The van der Waals surface area contributed by atoms with E-state index in [9.17, 15) is 9.59 Å². The Morgan fingerprint density at radius 2 is 1.72 bits per heavy atom. The van der Waals surface area contributed by atoms with E-state index in [-0.39, 0.29) is 22.7 Å². The molecule has 3 aliphatic rings. The van der Waals surface area contributed by atoms with Crippen LogP contribution >= 0.6 is 0 Å². The number of rotatable bonds is 6. The smallest absolute Gasteiger partial charge is 0.293 e. The van der Waals surface area contributed by atoms with Crippen molar-refractivity contribution < 1.29 is 9.18 Å². The lowest BCUT2D eigenvalue weighted by Crippen LogP contribution is -2.41. The molecule has 4 heterocycles. The maximum Gasteiger partial charge on any atom is 0.293 e. The number of nitrogens with zero attached hydrogens (tertiary/aromatic N) is 5. The fraction of sp³-hybridized carbons (Fsp3) is 0.432. The number of halogens is 1. The third-order valence-electron chi connectivity index (χ3n) is 10.2. The number of benzene rings is 2. The van der Waals surface area contributed by atoms with Gasteiger partial charge in [0.2, 0.25) is 0 Å². The van der Waals surface area contributed by atoms with Gasteiger partial charge in [0.1, 0.15) is 11.5 Å². The topological polar surface area (TPSA) is 75.4 Å². The van der Waals surface area contributed by atoms with Crippen molar-refractivity contribution in [3.63, 3.8) is 0 Å². The van der Waals surface area contributed by atoms with Crippen molar-refractivity contribution in [1.82, 2.24) is 19.0 Å². The molecule has 0 unspecified atom stereocenters. The number of carbonyl (C=O) groups is 1. The lowest BCUT2D eigenvalue weighted by molar-refractivity contribution is 0.0964. The van der Waals surface area contributed by atoms with Gasteiger partial charge < -0.3 is 24.3 Å². The second-order valence-electron chi connectivity index (χ2n) is 14.1. The number of aromatic nitrogens is 3. The van der Waals surface area contributed by atoms with Gasteiger partial charge in [0.15, 0.2) is 5.82 Å². The van der Waals surface area contributed by atoms with Crippen LogP contribution in [-0.4, -0.2) is 51.6 Å². The van der Waals surface area contributed by atoms with Gasteiger partial charge in [-0.05, 0) is 111 Å². The van der Waals surface area contributed by atoms with Crippen molar-refractivity contribution in [3.05, 3.63) is 92.9 Å². The summed E-state index contributed by atoms with van der Waals surface area (Å²) >= 11 is 0. The number of carbonyl (C=O) groups excluding carboxylic acids is 1. The Hall–Kier alpha value is -4.24. The van der Waals surface area contributed by atoms with E-state index >= 15 is 4.39 Å². The van der Waals surface area contributed by atoms with Crippen LogP contribution in [0, 0.1) is 11.2 Å². The van der Waals surface area contributed by atoms with E-state index in [1.807, 2.05) is 25.1 Å². The minimum atomic E-state index is -0.449. The lowest BCUT2D eigenvalue weighted by Gasteiger charge is -2.32. The number of aryl methyl sites for hydroxylation is 1. The maximum atomic E-state index is 15.4. The second kappa shape index (κ2) is 11.5. The summed E-state index contributed by atoms with van der Waals surface area (Å²) in [6, 6.07) is 13.2. The van der Waals surface area contributed by atoms with Gasteiger partial charge in [-0.15, -0.1) is 0 Å². The third kappa shape index (κ3) is 5.44. The van der Waals surface area contributed by atoms with E-state index in [1.54, 1.807) is 18.1 Å². The second-order valence-corrected chi connectivity index (χ2v) is 14.1. The van der Waals surface area contributed by atoms with Crippen LogP contribution in [0.3, 0.4) is 0 Å². The number of fused-ring (bicyclic) bond motifs is 3. The molecule has 1 amide bonds. The van der Waals surface area contributed by atoms with Crippen molar-refractivity contribution in [2.45, 2.75) is 65.3 Å². The maximum absolute atomic E-state index is 15.4. The first-order valence-electron chi connectivity index (χ1n) is 16.5. The molecule has 0 radical (unpaired) electrons. The number of amides is 1. The van der Waals surface area contributed by atoms with E-state index in [2.05, 4.69) is 47.8 Å². The van der Waals surface area contributed by atoms with Crippen LogP contribution in [-0.2, 0) is 32.9 Å². The van der Waals surface area contributed by atoms with Gasteiger partial charge in [-0.3, -0.25) is 9.59 Å².